The predicted molar refractivity (Wildman–Crippen MR) is 147 cm³/mol. The van der Waals surface area contributed by atoms with Crippen LogP contribution >= 0.6 is 11.8 Å². The molecule has 7 nitrogen and oxygen atoms in total. The minimum Gasteiger partial charge on any atom is -0.398 e. The van der Waals surface area contributed by atoms with Crippen LogP contribution < -0.4 is 16.1 Å². The summed E-state index contributed by atoms with van der Waals surface area (Å²) in [6.45, 7) is 7.41. The second-order valence-electron chi connectivity index (χ2n) is 10.1. The number of pyridine rings is 1. The van der Waals surface area contributed by atoms with Crippen molar-refractivity contribution in [3.8, 4) is 5.88 Å². The van der Waals surface area contributed by atoms with Gasteiger partial charge in [-0.1, -0.05) is 24.1 Å². The third-order valence-corrected chi connectivity index (χ3v) is 8.35. The van der Waals surface area contributed by atoms with Gasteiger partial charge in [-0.3, -0.25) is 4.79 Å². The molecule has 0 radical (unpaired) electrons. The van der Waals surface area contributed by atoms with Gasteiger partial charge in [0.15, 0.2) is 0 Å². The van der Waals surface area contributed by atoms with E-state index in [1.807, 2.05) is 16.7 Å². The van der Waals surface area contributed by atoms with Gasteiger partial charge in [-0.05, 0) is 69.3 Å². The van der Waals surface area contributed by atoms with Crippen LogP contribution in [-0.4, -0.2) is 60.2 Å². The molecule has 0 aliphatic carbocycles. The molecule has 1 unspecified atom stereocenters. The van der Waals surface area contributed by atoms with E-state index in [0.717, 1.165) is 60.8 Å². The molecule has 4 rings (SSSR count). The summed E-state index contributed by atoms with van der Waals surface area (Å²) in [6, 6.07) is 9.85. The fourth-order valence-electron chi connectivity index (χ4n) is 5.22. The molecule has 2 atom stereocenters. The van der Waals surface area contributed by atoms with Gasteiger partial charge in [0.05, 0.1) is 11.6 Å². The van der Waals surface area contributed by atoms with Crippen LogP contribution in [0.1, 0.15) is 61.5 Å². The van der Waals surface area contributed by atoms with Crippen molar-refractivity contribution >= 4 is 23.4 Å². The summed E-state index contributed by atoms with van der Waals surface area (Å²) in [4.78, 5) is 28.4. The van der Waals surface area contributed by atoms with E-state index in [4.69, 9.17) is 10.6 Å². The molecule has 36 heavy (non-hydrogen) atoms. The van der Waals surface area contributed by atoms with E-state index < -0.39 is 0 Å². The molecule has 2 aromatic rings. The maximum absolute atomic E-state index is 13.5. The molecule has 1 fully saturated rings. The van der Waals surface area contributed by atoms with Crippen molar-refractivity contribution in [3.63, 3.8) is 0 Å². The van der Waals surface area contributed by atoms with E-state index in [2.05, 4.69) is 54.5 Å². The first-order valence-electron chi connectivity index (χ1n) is 12.8. The minimum absolute atomic E-state index is 0.00569. The Hall–Kier alpha value is -2.55. The molecule has 1 aromatic carbocycles. The van der Waals surface area contributed by atoms with E-state index in [0.29, 0.717) is 17.4 Å². The molecule has 3 heterocycles. The molecule has 8 heteroatoms. The summed E-state index contributed by atoms with van der Waals surface area (Å²) in [5, 5.41) is 0. The van der Waals surface area contributed by atoms with Gasteiger partial charge in [0, 0.05) is 55.3 Å². The Morgan fingerprint density at radius 2 is 2.11 bits per heavy atom. The van der Waals surface area contributed by atoms with Crippen molar-refractivity contribution in [2.75, 3.05) is 45.2 Å². The third kappa shape index (κ3) is 6.41. The van der Waals surface area contributed by atoms with Gasteiger partial charge in [-0.2, -0.15) is 5.48 Å². The van der Waals surface area contributed by atoms with Crippen molar-refractivity contribution in [1.29, 1.82) is 0 Å². The van der Waals surface area contributed by atoms with Gasteiger partial charge in [-0.15, -0.1) is 11.8 Å². The minimum atomic E-state index is -0.00569. The summed E-state index contributed by atoms with van der Waals surface area (Å²) < 4.78 is 0. The standard InChI is InChI=1S/C28H39N5O2S/c1-19-5-8-25(33(17-19)28(34)23-7-10-27(31-16-23)35-30-3)22-6-9-26(24(29)15-22)36-14-12-21-11-13-32(4)18-20(21)2/h6-7,9-10,15-16,19,25,30H,5,8,11-14,17-18,29H2,1-4H3/t19?,25-/m1/s1. The van der Waals surface area contributed by atoms with Crippen molar-refractivity contribution < 1.29 is 9.63 Å². The molecule has 1 amide bonds. The number of likely N-dealkylation sites (N-methyl/N-ethyl adjacent to an activating group) is 1. The SMILES string of the molecule is CNOc1ccc(C(=O)N2CC(C)CC[C@@H]2c2ccc(SCCC3=C(C)CN(C)CC3)c(N)c2)cn1. The summed E-state index contributed by atoms with van der Waals surface area (Å²) in [5.41, 5.74) is 14.7. The largest absolute Gasteiger partial charge is 0.398 e. The predicted octanol–water partition coefficient (Wildman–Crippen LogP) is 4.92. The van der Waals surface area contributed by atoms with E-state index in [1.165, 1.54) is 12.0 Å². The van der Waals surface area contributed by atoms with Gasteiger partial charge in [0.25, 0.3) is 5.91 Å². The van der Waals surface area contributed by atoms with Crippen molar-refractivity contribution in [1.82, 2.24) is 20.3 Å². The highest BCUT2D eigenvalue weighted by Crippen LogP contribution is 2.37. The first-order chi connectivity index (χ1) is 17.4. The van der Waals surface area contributed by atoms with Crippen molar-refractivity contribution in [2.24, 2.45) is 5.92 Å². The Labute approximate surface area is 219 Å². The Morgan fingerprint density at radius 1 is 1.28 bits per heavy atom. The molecule has 1 aromatic heterocycles. The smallest absolute Gasteiger partial charge is 0.255 e. The first kappa shape index (κ1) is 26.5. The van der Waals surface area contributed by atoms with Crippen LogP contribution in [0.4, 0.5) is 5.69 Å². The van der Waals surface area contributed by atoms with Crippen LogP contribution in [0.25, 0.3) is 0 Å². The lowest BCUT2D eigenvalue weighted by Crippen LogP contribution is -2.41. The molecule has 2 aliphatic rings. The maximum Gasteiger partial charge on any atom is 0.255 e. The van der Waals surface area contributed by atoms with E-state index in [-0.39, 0.29) is 11.9 Å². The number of amides is 1. The number of hydrogen-bond donors (Lipinski definition) is 2. The number of piperidine rings is 1. The number of nitrogens with one attached hydrogen (secondary N) is 1. The number of thioether (sulfide) groups is 1. The topological polar surface area (TPSA) is 83.7 Å². The van der Waals surface area contributed by atoms with Crippen LogP contribution in [0.3, 0.4) is 0 Å². The summed E-state index contributed by atoms with van der Waals surface area (Å²) >= 11 is 1.83. The van der Waals surface area contributed by atoms with Gasteiger partial charge >= 0.3 is 0 Å². The molecular weight excluding hydrogens is 470 g/mol. The Kier molecular flexibility index (Phi) is 8.93. The highest BCUT2D eigenvalue weighted by Gasteiger charge is 2.32. The average molecular weight is 510 g/mol. The monoisotopic (exact) mass is 509 g/mol. The lowest BCUT2D eigenvalue weighted by molar-refractivity contribution is 0.0544. The molecule has 2 aliphatic heterocycles. The number of nitrogens with two attached hydrogens (primary N) is 1. The summed E-state index contributed by atoms with van der Waals surface area (Å²) in [5.74, 6) is 1.91. The number of likely N-dealkylation sites (tertiary alicyclic amines) is 1. The number of hydrogen-bond acceptors (Lipinski definition) is 7. The van der Waals surface area contributed by atoms with Crippen LogP contribution in [0.5, 0.6) is 5.88 Å². The zero-order chi connectivity index (χ0) is 25.7. The highest BCUT2D eigenvalue weighted by molar-refractivity contribution is 7.99. The quantitative estimate of drug-likeness (QED) is 0.226. The number of carbonyl (C=O) groups excluding carboxylic acids is 1. The Balaban J connectivity index is 1.44. The molecule has 0 saturated carbocycles. The van der Waals surface area contributed by atoms with Gasteiger partial charge in [-0.25, -0.2) is 4.98 Å². The van der Waals surface area contributed by atoms with Crippen LogP contribution in [0.15, 0.2) is 52.6 Å². The Morgan fingerprint density at radius 3 is 2.81 bits per heavy atom. The molecule has 3 N–H and O–H groups in total. The van der Waals surface area contributed by atoms with Crippen LogP contribution in [0, 0.1) is 5.92 Å². The summed E-state index contributed by atoms with van der Waals surface area (Å²) in [7, 11) is 3.86. The number of nitrogen functional groups attached to an aromatic ring is 1. The lowest BCUT2D eigenvalue weighted by Gasteiger charge is -2.39. The van der Waals surface area contributed by atoms with E-state index in [9.17, 15) is 4.79 Å². The molecule has 194 valence electrons. The van der Waals surface area contributed by atoms with Gasteiger partial charge in [0.2, 0.25) is 5.88 Å². The maximum atomic E-state index is 13.5. The van der Waals surface area contributed by atoms with Crippen LogP contribution in [0.2, 0.25) is 0 Å². The van der Waals surface area contributed by atoms with Crippen molar-refractivity contribution in [2.45, 2.75) is 50.5 Å². The van der Waals surface area contributed by atoms with Gasteiger partial charge < -0.3 is 20.4 Å². The first-order valence-corrected chi connectivity index (χ1v) is 13.8. The number of hydroxylamine groups is 1. The zero-order valence-electron chi connectivity index (χ0n) is 21.9. The number of nitrogens with zero attached hydrogens (tertiary/aromatic N) is 3. The molecule has 1 saturated heterocycles. The fourth-order valence-corrected chi connectivity index (χ4v) is 6.18. The number of anilines is 1. The van der Waals surface area contributed by atoms with Crippen molar-refractivity contribution in [3.05, 3.63) is 58.8 Å². The normalized spacial score (nSPS) is 21.1. The van der Waals surface area contributed by atoms with E-state index >= 15 is 0 Å². The Bertz CT molecular complexity index is 1090. The summed E-state index contributed by atoms with van der Waals surface area (Å²) in [6.07, 6.45) is 5.88. The highest BCUT2D eigenvalue weighted by atomic mass is 32.2. The molecular formula is C28H39N5O2S. The molecule has 0 spiro atoms. The van der Waals surface area contributed by atoms with Gasteiger partial charge in [0.1, 0.15) is 0 Å². The third-order valence-electron chi connectivity index (χ3n) is 7.25. The van der Waals surface area contributed by atoms with Crippen LogP contribution in [-0.2, 0) is 0 Å². The second kappa shape index (κ2) is 12.1. The molecule has 0 bridgehead atoms. The zero-order valence-corrected chi connectivity index (χ0v) is 22.7. The number of aromatic nitrogens is 1. The number of carbonyl (C=O) groups is 1. The number of benzene rings is 1. The second-order valence-corrected chi connectivity index (χ2v) is 11.3. The van der Waals surface area contributed by atoms with E-state index in [1.54, 1.807) is 31.0 Å². The fraction of sp³-hybridized carbons (Fsp3) is 0.500. The lowest BCUT2D eigenvalue weighted by atomic mass is 9.89. The average Bonchev–Trinajstić information content (AvgIpc) is 2.86. The number of rotatable bonds is 8.